The van der Waals surface area contributed by atoms with Crippen molar-refractivity contribution < 1.29 is 9.59 Å². The van der Waals surface area contributed by atoms with Gasteiger partial charge in [0.2, 0.25) is 0 Å². The molecule has 2 aromatic rings. The maximum Gasteiger partial charge on any atom is 0.337 e. The van der Waals surface area contributed by atoms with Gasteiger partial charge in [-0.05, 0) is 6.07 Å². The monoisotopic (exact) mass is 300 g/mol. The van der Waals surface area contributed by atoms with E-state index >= 15 is 0 Å². The fourth-order valence-corrected chi connectivity index (χ4v) is 3.42. The lowest BCUT2D eigenvalue weighted by atomic mass is 10.1. The van der Waals surface area contributed by atoms with Crippen LogP contribution in [-0.4, -0.2) is 22.2 Å². The molecule has 2 heterocycles. The van der Waals surface area contributed by atoms with Crippen LogP contribution >= 0.6 is 11.8 Å². The van der Waals surface area contributed by atoms with Gasteiger partial charge in [0.1, 0.15) is 5.37 Å². The Morgan fingerprint density at radius 2 is 2.19 bits per heavy atom. The molecule has 0 saturated heterocycles. The number of para-hydroxylation sites is 1. The molecule has 6 nitrogen and oxygen atoms in total. The number of pyridine rings is 1. The van der Waals surface area contributed by atoms with E-state index < -0.39 is 6.03 Å². The van der Waals surface area contributed by atoms with Crippen molar-refractivity contribution in [2.45, 2.75) is 5.37 Å². The third-order valence-electron chi connectivity index (χ3n) is 3.22. The van der Waals surface area contributed by atoms with Gasteiger partial charge in [-0.25, -0.2) is 10.6 Å². The van der Waals surface area contributed by atoms with E-state index in [1.165, 1.54) is 16.7 Å². The largest absolute Gasteiger partial charge is 0.337 e. The molecule has 1 aliphatic rings. The summed E-state index contributed by atoms with van der Waals surface area (Å²) in [5.74, 6) is 5.21. The molecule has 2 amide bonds. The number of fused-ring (bicyclic) bond motifs is 1. The lowest BCUT2D eigenvalue weighted by Gasteiger charge is -2.25. The molecule has 1 unspecified atom stereocenters. The second-order valence-electron chi connectivity index (χ2n) is 4.39. The molecule has 1 atom stereocenters. The number of aldehydes is 1. The highest BCUT2D eigenvalue weighted by Crippen LogP contribution is 2.43. The van der Waals surface area contributed by atoms with E-state index in [4.69, 9.17) is 5.84 Å². The zero-order valence-electron chi connectivity index (χ0n) is 10.9. The summed E-state index contributed by atoms with van der Waals surface area (Å²) in [7, 11) is 0. The normalized spacial score (nSPS) is 17.7. The number of nitrogens with two attached hydrogens (primary N) is 1. The van der Waals surface area contributed by atoms with Crippen LogP contribution in [0.15, 0.2) is 47.6 Å². The average Bonchev–Trinajstić information content (AvgIpc) is 2.97. The first-order valence-electron chi connectivity index (χ1n) is 6.20. The average molecular weight is 300 g/mol. The van der Waals surface area contributed by atoms with E-state index in [9.17, 15) is 9.59 Å². The maximum absolute atomic E-state index is 12.0. The van der Waals surface area contributed by atoms with Gasteiger partial charge >= 0.3 is 6.03 Å². The molecule has 0 aliphatic carbocycles. The van der Waals surface area contributed by atoms with E-state index in [-0.39, 0.29) is 11.1 Å². The van der Waals surface area contributed by atoms with E-state index in [0.717, 1.165) is 16.5 Å². The molecule has 7 heteroatoms. The van der Waals surface area contributed by atoms with Gasteiger partial charge in [-0.2, -0.15) is 0 Å². The second-order valence-corrected chi connectivity index (χ2v) is 5.35. The first-order valence-corrected chi connectivity index (χ1v) is 7.15. The minimum Gasteiger partial charge on any atom is -0.296 e. The van der Waals surface area contributed by atoms with Gasteiger partial charge in [-0.1, -0.05) is 24.3 Å². The summed E-state index contributed by atoms with van der Waals surface area (Å²) in [5.41, 5.74) is 4.01. The molecule has 0 bridgehead atoms. The van der Waals surface area contributed by atoms with Crippen LogP contribution < -0.4 is 11.3 Å². The lowest BCUT2D eigenvalue weighted by Crippen LogP contribution is -2.42. The van der Waals surface area contributed by atoms with Crippen LogP contribution in [-0.2, 0) is 4.79 Å². The van der Waals surface area contributed by atoms with Gasteiger partial charge in [-0.15, -0.1) is 11.8 Å². The molecule has 0 radical (unpaired) electrons. The number of carbonyl (C=O) groups is 2. The summed E-state index contributed by atoms with van der Waals surface area (Å²) in [5, 5.41) is 2.25. The molecular weight excluding hydrogens is 288 g/mol. The number of rotatable bonds is 2. The standard InChI is InChI=1S/C14H12N4O2S/c15-17-14(20)18-10(7-19)8-21-13(18)11-5-1-3-9-4-2-6-16-12(9)11/h1-8,13H,15H2,(H,17,20). The van der Waals surface area contributed by atoms with Crippen molar-refractivity contribution in [3.63, 3.8) is 0 Å². The third kappa shape index (κ3) is 2.26. The minimum absolute atomic E-state index is 0.279. The fourth-order valence-electron chi connectivity index (χ4n) is 2.30. The summed E-state index contributed by atoms with van der Waals surface area (Å²) >= 11 is 1.37. The first-order chi connectivity index (χ1) is 10.3. The molecule has 0 saturated carbocycles. The van der Waals surface area contributed by atoms with Crippen molar-refractivity contribution in [2.75, 3.05) is 0 Å². The Balaban J connectivity index is 2.10. The molecule has 1 aromatic carbocycles. The predicted molar refractivity (Wildman–Crippen MR) is 80.8 cm³/mol. The van der Waals surface area contributed by atoms with Gasteiger partial charge < -0.3 is 0 Å². The number of urea groups is 1. The number of benzene rings is 1. The van der Waals surface area contributed by atoms with E-state index in [1.807, 2.05) is 30.3 Å². The van der Waals surface area contributed by atoms with Crippen LogP contribution in [0.5, 0.6) is 0 Å². The number of hydrogen-bond donors (Lipinski definition) is 2. The third-order valence-corrected chi connectivity index (χ3v) is 4.32. The molecule has 3 rings (SSSR count). The first kappa shape index (κ1) is 13.6. The number of hydrazine groups is 1. The highest BCUT2D eigenvalue weighted by atomic mass is 32.2. The Morgan fingerprint density at radius 1 is 1.38 bits per heavy atom. The summed E-state index contributed by atoms with van der Waals surface area (Å²) in [6.07, 6.45) is 2.34. The van der Waals surface area contributed by atoms with Crippen LogP contribution in [0.2, 0.25) is 0 Å². The Labute approximate surface area is 125 Å². The van der Waals surface area contributed by atoms with Crippen molar-refractivity contribution in [2.24, 2.45) is 5.84 Å². The van der Waals surface area contributed by atoms with Crippen molar-refractivity contribution >= 4 is 35.0 Å². The van der Waals surface area contributed by atoms with Crippen molar-refractivity contribution in [3.8, 4) is 0 Å². The summed E-state index contributed by atoms with van der Waals surface area (Å²) in [6.45, 7) is 0. The second kappa shape index (κ2) is 5.55. The highest BCUT2D eigenvalue weighted by Gasteiger charge is 2.34. The topological polar surface area (TPSA) is 88.3 Å². The van der Waals surface area contributed by atoms with E-state index in [2.05, 4.69) is 10.4 Å². The van der Waals surface area contributed by atoms with Crippen molar-refractivity contribution in [1.82, 2.24) is 15.3 Å². The van der Waals surface area contributed by atoms with E-state index in [0.29, 0.717) is 6.29 Å². The summed E-state index contributed by atoms with van der Waals surface area (Å²) in [4.78, 5) is 28.8. The van der Waals surface area contributed by atoms with Crippen LogP contribution in [0, 0.1) is 0 Å². The molecule has 1 aromatic heterocycles. The quantitative estimate of drug-likeness (QED) is 0.383. The Bertz CT molecular complexity index is 741. The molecule has 0 fully saturated rings. The summed E-state index contributed by atoms with van der Waals surface area (Å²) < 4.78 is 0. The zero-order valence-corrected chi connectivity index (χ0v) is 11.7. The number of hydrogen-bond acceptors (Lipinski definition) is 5. The lowest BCUT2D eigenvalue weighted by molar-refractivity contribution is -0.105. The fraction of sp³-hybridized carbons (Fsp3) is 0.0714. The smallest absolute Gasteiger partial charge is 0.296 e. The maximum atomic E-state index is 12.0. The number of aromatic nitrogens is 1. The SMILES string of the molecule is NNC(=O)N1C(C=O)=CSC1c1cccc2cccnc12. The molecule has 0 spiro atoms. The summed E-state index contributed by atoms with van der Waals surface area (Å²) in [6, 6.07) is 9.02. The van der Waals surface area contributed by atoms with Crippen LogP contribution in [0.3, 0.4) is 0 Å². The Kier molecular flexibility index (Phi) is 3.59. The molecule has 3 N–H and O–H groups in total. The van der Waals surface area contributed by atoms with Crippen molar-refractivity contribution in [3.05, 3.63) is 53.2 Å². The molecule has 1 aliphatic heterocycles. The van der Waals surface area contributed by atoms with Gasteiger partial charge in [-0.3, -0.25) is 20.1 Å². The number of allylic oxidation sites excluding steroid dienone is 1. The number of nitrogens with one attached hydrogen (secondary N) is 1. The molecule has 21 heavy (non-hydrogen) atoms. The number of nitrogens with zero attached hydrogens (tertiary/aromatic N) is 2. The predicted octanol–water partition coefficient (Wildman–Crippen LogP) is 1.91. The van der Waals surface area contributed by atoms with E-state index in [1.54, 1.807) is 11.6 Å². The number of carbonyl (C=O) groups excluding carboxylic acids is 2. The Morgan fingerprint density at radius 3 is 2.95 bits per heavy atom. The van der Waals surface area contributed by atoms with Crippen LogP contribution in [0.1, 0.15) is 10.9 Å². The molecule has 106 valence electrons. The van der Waals surface area contributed by atoms with Crippen LogP contribution in [0.25, 0.3) is 10.9 Å². The van der Waals surface area contributed by atoms with Crippen LogP contribution in [0.4, 0.5) is 4.79 Å². The number of amides is 2. The van der Waals surface area contributed by atoms with Gasteiger partial charge in [0, 0.05) is 22.6 Å². The Hall–Kier alpha value is -2.38. The van der Waals surface area contributed by atoms with Gasteiger partial charge in [0.15, 0.2) is 6.29 Å². The minimum atomic E-state index is -0.531. The number of thioether (sulfide) groups is 1. The van der Waals surface area contributed by atoms with Gasteiger partial charge in [0.05, 0.1) is 11.2 Å². The zero-order chi connectivity index (χ0) is 14.8. The molecular formula is C14H12N4O2S. The van der Waals surface area contributed by atoms with Crippen molar-refractivity contribution in [1.29, 1.82) is 0 Å². The van der Waals surface area contributed by atoms with Gasteiger partial charge in [0.25, 0.3) is 0 Å². The highest BCUT2D eigenvalue weighted by molar-refractivity contribution is 8.02.